The molecule has 88 valence electrons. The summed E-state index contributed by atoms with van der Waals surface area (Å²) in [7, 11) is 1.30. The fraction of sp³-hybridized carbons (Fsp3) is 0.364. The van der Waals surface area contributed by atoms with Gasteiger partial charge in [0.25, 0.3) is 0 Å². The zero-order valence-electron chi connectivity index (χ0n) is 8.87. The van der Waals surface area contributed by atoms with Gasteiger partial charge in [-0.1, -0.05) is 17.7 Å². The molecule has 0 fully saturated rings. The highest BCUT2D eigenvalue weighted by Gasteiger charge is 2.13. The number of benzene rings is 1. The van der Waals surface area contributed by atoms with Crippen LogP contribution in [0.4, 0.5) is 4.39 Å². The van der Waals surface area contributed by atoms with E-state index < -0.39 is 11.9 Å². The van der Waals surface area contributed by atoms with Crippen LogP contribution in [0.1, 0.15) is 24.4 Å². The molecule has 0 aromatic heterocycles. The molecule has 0 spiro atoms. The molecule has 0 amide bonds. The molecule has 0 heterocycles. The Balaban J connectivity index is 2.65. The standard InChI is InChI=1S/C11H13ClFNO2/c1-16-11(15)5-4-10(14)8-3-2-7(12)6-9(8)13/h2-3,6,10H,4-5,14H2,1H3. The lowest BCUT2D eigenvalue weighted by Gasteiger charge is -2.12. The van der Waals surface area contributed by atoms with Crippen LogP contribution in [0.3, 0.4) is 0 Å². The van der Waals surface area contributed by atoms with Gasteiger partial charge in [0.2, 0.25) is 0 Å². The van der Waals surface area contributed by atoms with Gasteiger partial charge in [0, 0.05) is 23.0 Å². The molecular formula is C11H13ClFNO2. The minimum absolute atomic E-state index is 0.166. The number of ether oxygens (including phenoxy) is 1. The number of hydrogen-bond acceptors (Lipinski definition) is 3. The summed E-state index contributed by atoms with van der Waals surface area (Å²) < 4.78 is 17.9. The molecule has 0 saturated heterocycles. The molecule has 0 aliphatic carbocycles. The van der Waals surface area contributed by atoms with Crippen molar-refractivity contribution in [3.63, 3.8) is 0 Å². The summed E-state index contributed by atoms with van der Waals surface area (Å²) in [4.78, 5) is 10.9. The minimum Gasteiger partial charge on any atom is -0.469 e. The van der Waals surface area contributed by atoms with Crippen LogP contribution in [-0.4, -0.2) is 13.1 Å². The first-order chi connectivity index (χ1) is 7.54. The van der Waals surface area contributed by atoms with Crippen molar-refractivity contribution >= 4 is 17.6 Å². The van der Waals surface area contributed by atoms with E-state index in [-0.39, 0.29) is 12.4 Å². The molecule has 1 unspecified atom stereocenters. The van der Waals surface area contributed by atoms with Crippen molar-refractivity contribution in [3.05, 3.63) is 34.6 Å². The molecule has 5 heteroatoms. The van der Waals surface area contributed by atoms with Crippen LogP contribution in [0.5, 0.6) is 0 Å². The Labute approximate surface area is 98.3 Å². The summed E-state index contributed by atoms with van der Waals surface area (Å²) in [5.41, 5.74) is 6.11. The van der Waals surface area contributed by atoms with Gasteiger partial charge in [0.1, 0.15) is 5.82 Å². The molecule has 0 aliphatic rings. The van der Waals surface area contributed by atoms with Crippen molar-refractivity contribution in [3.8, 4) is 0 Å². The van der Waals surface area contributed by atoms with E-state index in [9.17, 15) is 9.18 Å². The molecule has 1 atom stereocenters. The summed E-state index contributed by atoms with van der Waals surface area (Å²) in [6.07, 6.45) is 0.505. The molecule has 1 aromatic carbocycles. The predicted molar refractivity (Wildman–Crippen MR) is 59.6 cm³/mol. The molecule has 0 bridgehead atoms. The number of halogens is 2. The Morgan fingerprint density at radius 3 is 2.88 bits per heavy atom. The van der Waals surface area contributed by atoms with Gasteiger partial charge >= 0.3 is 5.97 Å². The predicted octanol–water partition coefficient (Wildman–Crippen LogP) is 2.43. The average Bonchev–Trinajstić information content (AvgIpc) is 2.25. The van der Waals surface area contributed by atoms with E-state index in [0.29, 0.717) is 17.0 Å². The molecular weight excluding hydrogens is 233 g/mol. The Hall–Kier alpha value is -1.13. The van der Waals surface area contributed by atoms with Gasteiger partial charge in [-0.2, -0.15) is 0 Å². The molecule has 0 radical (unpaired) electrons. The van der Waals surface area contributed by atoms with Crippen molar-refractivity contribution in [1.29, 1.82) is 0 Å². The summed E-state index contributed by atoms with van der Waals surface area (Å²) >= 11 is 5.62. The van der Waals surface area contributed by atoms with Crippen LogP contribution < -0.4 is 5.73 Å². The lowest BCUT2D eigenvalue weighted by Crippen LogP contribution is -2.14. The minimum atomic E-state index is -0.531. The SMILES string of the molecule is COC(=O)CCC(N)c1ccc(Cl)cc1F. The first-order valence-electron chi connectivity index (χ1n) is 4.82. The van der Waals surface area contributed by atoms with Crippen LogP contribution in [0.2, 0.25) is 5.02 Å². The topological polar surface area (TPSA) is 52.3 Å². The Morgan fingerprint density at radius 2 is 2.31 bits per heavy atom. The number of hydrogen-bond donors (Lipinski definition) is 1. The van der Waals surface area contributed by atoms with E-state index in [2.05, 4.69) is 4.74 Å². The largest absolute Gasteiger partial charge is 0.469 e. The van der Waals surface area contributed by atoms with Crippen LogP contribution in [0.25, 0.3) is 0 Å². The number of nitrogens with two attached hydrogens (primary N) is 1. The van der Waals surface area contributed by atoms with E-state index in [1.54, 1.807) is 6.07 Å². The van der Waals surface area contributed by atoms with Crippen molar-refractivity contribution in [1.82, 2.24) is 0 Å². The molecule has 0 saturated carbocycles. The summed E-state index contributed by atoms with van der Waals surface area (Å²) in [5, 5.41) is 0.321. The van der Waals surface area contributed by atoms with Crippen LogP contribution in [0.15, 0.2) is 18.2 Å². The first kappa shape index (κ1) is 12.9. The Morgan fingerprint density at radius 1 is 1.62 bits per heavy atom. The van der Waals surface area contributed by atoms with E-state index in [4.69, 9.17) is 17.3 Å². The van der Waals surface area contributed by atoms with Crippen LogP contribution in [-0.2, 0) is 9.53 Å². The van der Waals surface area contributed by atoms with E-state index in [1.165, 1.54) is 19.2 Å². The third kappa shape index (κ3) is 3.47. The van der Waals surface area contributed by atoms with Gasteiger partial charge in [0.15, 0.2) is 0 Å². The summed E-state index contributed by atoms with van der Waals surface area (Å²) in [6.45, 7) is 0. The number of carbonyl (C=O) groups excluding carboxylic acids is 1. The fourth-order valence-corrected chi connectivity index (χ4v) is 1.49. The fourth-order valence-electron chi connectivity index (χ4n) is 1.33. The number of carbonyl (C=O) groups is 1. The maximum absolute atomic E-state index is 13.4. The number of methoxy groups -OCH3 is 1. The lowest BCUT2D eigenvalue weighted by molar-refractivity contribution is -0.140. The van der Waals surface area contributed by atoms with Gasteiger partial charge < -0.3 is 10.5 Å². The van der Waals surface area contributed by atoms with E-state index in [1.807, 2.05) is 0 Å². The summed E-state index contributed by atoms with van der Waals surface area (Å²) in [6, 6.07) is 3.77. The smallest absolute Gasteiger partial charge is 0.305 e. The van der Waals surface area contributed by atoms with Gasteiger partial charge in [0.05, 0.1) is 7.11 Å². The van der Waals surface area contributed by atoms with Gasteiger partial charge in [-0.25, -0.2) is 4.39 Å². The third-order valence-electron chi connectivity index (χ3n) is 2.25. The molecule has 1 rings (SSSR count). The molecule has 16 heavy (non-hydrogen) atoms. The van der Waals surface area contributed by atoms with E-state index >= 15 is 0 Å². The maximum Gasteiger partial charge on any atom is 0.305 e. The molecule has 0 aliphatic heterocycles. The molecule has 3 nitrogen and oxygen atoms in total. The van der Waals surface area contributed by atoms with Crippen molar-refractivity contribution in [2.45, 2.75) is 18.9 Å². The Kier molecular flexibility index (Phi) is 4.71. The highest BCUT2D eigenvalue weighted by molar-refractivity contribution is 6.30. The van der Waals surface area contributed by atoms with Gasteiger partial charge in [-0.15, -0.1) is 0 Å². The highest BCUT2D eigenvalue weighted by Crippen LogP contribution is 2.22. The van der Waals surface area contributed by atoms with Crippen molar-refractivity contribution < 1.29 is 13.9 Å². The van der Waals surface area contributed by atoms with E-state index in [0.717, 1.165) is 0 Å². The molecule has 1 aromatic rings. The Bertz CT molecular complexity index is 384. The third-order valence-corrected chi connectivity index (χ3v) is 2.48. The number of rotatable bonds is 4. The van der Waals surface area contributed by atoms with Crippen LogP contribution >= 0.6 is 11.6 Å². The monoisotopic (exact) mass is 245 g/mol. The quantitative estimate of drug-likeness (QED) is 0.829. The van der Waals surface area contributed by atoms with Gasteiger partial charge in [-0.05, 0) is 18.6 Å². The first-order valence-corrected chi connectivity index (χ1v) is 5.19. The lowest BCUT2D eigenvalue weighted by atomic mass is 10.0. The molecule has 2 N–H and O–H groups in total. The second-order valence-electron chi connectivity index (χ2n) is 3.39. The van der Waals surface area contributed by atoms with Crippen molar-refractivity contribution in [2.24, 2.45) is 5.73 Å². The van der Waals surface area contributed by atoms with Gasteiger partial charge in [-0.3, -0.25) is 4.79 Å². The highest BCUT2D eigenvalue weighted by atomic mass is 35.5. The maximum atomic E-state index is 13.4. The zero-order chi connectivity index (χ0) is 12.1. The zero-order valence-corrected chi connectivity index (χ0v) is 9.63. The summed E-state index contributed by atoms with van der Waals surface area (Å²) in [5.74, 6) is -0.810. The van der Waals surface area contributed by atoms with Crippen molar-refractivity contribution in [2.75, 3.05) is 7.11 Å². The second-order valence-corrected chi connectivity index (χ2v) is 3.82. The number of esters is 1. The average molecular weight is 246 g/mol. The normalized spacial score (nSPS) is 12.2. The second kappa shape index (κ2) is 5.82. The van der Waals surface area contributed by atoms with Crippen LogP contribution in [0, 0.1) is 5.82 Å².